The molecule has 0 saturated carbocycles. The van der Waals surface area contributed by atoms with Crippen molar-refractivity contribution in [2.45, 2.75) is 6.42 Å². The fourth-order valence-corrected chi connectivity index (χ4v) is 1.73. The van der Waals surface area contributed by atoms with Crippen molar-refractivity contribution < 1.29 is 22.8 Å². The average Bonchev–Trinajstić information content (AvgIpc) is 2.58. The zero-order valence-corrected chi connectivity index (χ0v) is 8.62. The van der Waals surface area contributed by atoms with E-state index in [4.69, 9.17) is 0 Å². The van der Waals surface area contributed by atoms with Gasteiger partial charge in [0.25, 0.3) is 0 Å². The summed E-state index contributed by atoms with van der Waals surface area (Å²) in [5, 5.41) is 0. The molecule has 2 amide bonds. The molecule has 1 saturated heterocycles. The van der Waals surface area contributed by atoms with Crippen LogP contribution in [0.3, 0.4) is 0 Å². The summed E-state index contributed by atoms with van der Waals surface area (Å²) in [7, 11) is 0. The zero-order chi connectivity index (χ0) is 12.6. The van der Waals surface area contributed by atoms with Crippen LogP contribution in [0, 0.1) is 17.6 Å². The normalized spacial score (nSPS) is 20.2. The summed E-state index contributed by atoms with van der Waals surface area (Å²) < 4.78 is 38.8. The molecular formula is C11H8F3NO2. The van der Waals surface area contributed by atoms with Gasteiger partial charge in [0.15, 0.2) is 11.6 Å². The van der Waals surface area contributed by atoms with Gasteiger partial charge in [0, 0.05) is 6.42 Å². The molecule has 1 aliphatic rings. The van der Waals surface area contributed by atoms with Gasteiger partial charge in [-0.25, -0.2) is 13.7 Å². The number of rotatable bonds is 2. The minimum absolute atomic E-state index is 0.314. The number of carbonyl (C=O) groups excluding carboxylic acids is 2. The summed E-state index contributed by atoms with van der Waals surface area (Å²) in [4.78, 5) is 23.6. The third-order valence-electron chi connectivity index (χ3n) is 2.60. The number of halogens is 3. The van der Waals surface area contributed by atoms with Gasteiger partial charge in [0.1, 0.15) is 6.67 Å². The quantitative estimate of drug-likeness (QED) is 0.743. The molecule has 0 N–H and O–H groups in total. The molecular weight excluding hydrogens is 235 g/mol. The molecule has 0 aromatic heterocycles. The maximum absolute atomic E-state index is 13.4. The summed E-state index contributed by atoms with van der Waals surface area (Å²) in [5.41, 5.74) is -0.462. The second-order valence-electron chi connectivity index (χ2n) is 3.70. The number of carbonyl (C=O) groups is 2. The van der Waals surface area contributed by atoms with Gasteiger partial charge in [-0.3, -0.25) is 14.0 Å². The Hall–Kier alpha value is -1.85. The number of anilines is 1. The van der Waals surface area contributed by atoms with Crippen LogP contribution >= 0.6 is 0 Å². The highest BCUT2D eigenvalue weighted by Gasteiger charge is 2.40. The van der Waals surface area contributed by atoms with Gasteiger partial charge in [0.05, 0.1) is 11.6 Å². The zero-order valence-electron chi connectivity index (χ0n) is 8.62. The van der Waals surface area contributed by atoms with E-state index < -0.39 is 41.7 Å². The van der Waals surface area contributed by atoms with E-state index in [2.05, 4.69) is 0 Å². The van der Waals surface area contributed by atoms with E-state index in [1.165, 1.54) is 6.07 Å². The second-order valence-corrected chi connectivity index (χ2v) is 3.70. The highest BCUT2D eigenvalue weighted by atomic mass is 19.2. The Bertz CT molecular complexity index is 490. The molecule has 6 heteroatoms. The van der Waals surface area contributed by atoms with Crippen LogP contribution in [0.1, 0.15) is 6.42 Å². The summed E-state index contributed by atoms with van der Waals surface area (Å²) in [5.74, 6) is -5.09. The van der Waals surface area contributed by atoms with E-state index in [-0.39, 0.29) is 6.42 Å². The van der Waals surface area contributed by atoms with Gasteiger partial charge in [-0.15, -0.1) is 0 Å². The first kappa shape index (κ1) is 11.6. The lowest BCUT2D eigenvalue weighted by atomic mass is 10.1. The Labute approximate surface area is 94.8 Å². The molecule has 1 aromatic rings. The molecule has 0 aliphatic carbocycles. The number of amides is 2. The van der Waals surface area contributed by atoms with Crippen molar-refractivity contribution in [3.05, 3.63) is 29.8 Å². The highest BCUT2D eigenvalue weighted by molar-refractivity contribution is 6.21. The van der Waals surface area contributed by atoms with Crippen molar-refractivity contribution in [1.82, 2.24) is 0 Å². The van der Waals surface area contributed by atoms with Crippen molar-refractivity contribution in [1.29, 1.82) is 0 Å². The first-order valence-electron chi connectivity index (χ1n) is 4.93. The molecule has 1 atom stereocenters. The third kappa shape index (κ3) is 1.79. The molecule has 1 heterocycles. The van der Waals surface area contributed by atoms with Crippen LogP contribution in [-0.4, -0.2) is 18.5 Å². The molecule has 90 valence electrons. The van der Waals surface area contributed by atoms with Gasteiger partial charge in [-0.2, -0.15) is 0 Å². The number of hydrogen-bond acceptors (Lipinski definition) is 2. The van der Waals surface area contributed by atoms with E-state index in [1.807, 2.05) is 0 Å². The van der Waals surface area contributed by atoms with E-state index >= 15 is 0 Å². The predicted octanol–water partition coefficient (Wildman–Crippen LogP) is 1.81. The first-order chi connectivity index (χ1) is 8.06. The fraction of sp³-hybridized carbons (Fsp3) is 0.273. The smallest absolute Gasteiger partial charge is 0.240 e. The van der Waals surface area contributed by atoms with E-state index in [1.54, 1.807) is 0 Å². The molecule has 1 unspecified atom stereocenters. The van der Waals surface area contributed by atoms with Crippen LogP contribution in [-0.2, 0) is 9.59 Å². The minimum Gasteiger partial charge on any atom is -0.274 e. The van der Waals surface area contributed by atoms with E-state index in [0.717, 1.165) is 12.1 Å². The highest BCUT2D eigenvalue weighted by Crippen LogP contribution is 2.29. The average molecular weight is 243 g/mol. The number of hydrogen-bond donors (Lipinski definition) is 0. The summed E-state index contributed by atoms with van der Waals surface area (Å²) >= 11 is 0. The molecule has 1 aliphatic heterocycles. The Morgan fingerprint density at radius 2 is 2.00 bits per heavy atom. The molecule has 0 spiro atoms. The number of nitrogens with zero attached hydrogens (tertiary/aromatic N) is 1. The molecule has 3 nitrogen and oxygen atoms in total. The van der Waals surface area contributed by atoms with Crippen LogP contribution in [0.5, 0.6) is 0 Å². The summed E-state index contributed by atoms with van der Waals surface area (Å²) in [6.45, 7) is -0.988. The van der Waals surface area contributed by atoms with Crippen LogP contribution in [0.4, 0.5) is 18.9 Å². The molecule has 17 heavy (non-hydrogen) atoms. The number of alkyl halides is 1. The Morgan fingerprint density at radius 1 is 1.29 bits per heavy atom. The molecule has 0 radical (unpaired) electrons. The molecule has 1 aromatic carbocycles. The van der Waals surface area contributed by atoms with Crippen molar-refractivity contribution in [2.75, 3.05) is 11.6 Å². The van der Waals surface area contributed by atoms with Crippen molar-refractivity contribution in [2.24, 2.45) is 5.92 Å². The summed E-state index contributed by atoms with van der Waals surface area (Å²) in [6.07, 6.45) is -0.314. The van der Waals surface area contributed by atoms with Crippen molar-refractivity contribution in [3.8, 4) is 0 Å². The standard InChI is InChI=1S/C11H8F3NO2/c12-5-6-4-9(16)15(11(6)17)8-3-1-2-7(13)10(8)14/h1-3,6H,4-5H2. The number of benzene rings is 1. The Balaban J connectivity index is 2.44. The van der Waals surface area contributed by atoms with E-state index in [0.29, 0.717) is 4.90 Å². The van der Waals surface area contributed by atoms with Crippen LogP contribution in [0.25, 0.3) is 0 Å². The summed E-state index contributed by atoms with van der Waals surface area (Å²) in [6, 6.07) is 3.16. The third-order valence-corrected chi connectivity index (χ3v) is 2.60. The molecule has 1 fully saturated rings. The lowest BCUT2D eigenvalue weighted by Crippen LogP contribution is -2.31. The predicted molar refractivity (Wildman–Crippen MR) is 52.9 cm³/mol. The van der Waals surface area contributed by atoms with Crippen LogP contribution in [0.2, 0.25) is 0 Å². The van der Waals surface area contributed by atoms with Gasteiger partial charge in [0.2, 0.25) is 11.8 Å². The topological polar surface area (TPSA) is 37.4 Å². The van der Waals surface area contributed by atoms with Crippen molar-refractivity contribution in [3.63, 3.8) is 0 Å². The van der Waals surface area contributed by atoms with Gasteiger partial charge in [-0.1, -0.05) is 6.07 Å². The molecule has 2 rings (SSSR count). The maximum Gasteiger partial charge on any atom is 0.240 e. The first-order valence-corrected chi connectivity index (χ1v) is 4.93. The Kier molecular flexibility index (Phi) is 2.87. The monoisotopic (exact) mass is 243 g/mol. The van der Waals surface area contributed by atoms with Crippen molar-refractivity contribution >= 4 is 17.5 Å². The lowest BCUT2D eigenvalue weighted by molar-refractivity contribution is -0.122. The fourth-order valence-electron chi connectivity index (χ4n) is 1.73. The lowest BCUT2D eigenvalue weighted by Gasteiger charge is -2.15. The largest absolute Gasteiger partial charge is 0.274 e. The number of imide groups is 1. The minimum atomic E-state index is -1.28. The second kappa shape index (κ2) is 4.20. The SMILES string of the molecule is O=C1CC(CF)C(=O)N1c1cccc(F)c1F. The van der Waals surface area contributed by atoms with Gasteiger partial charge >= 0.3 is 0 Å². The van der Waals surface area contributed by atoms with Gasteiger partial charge in [-0.05, 0) is 12.1 Å². The maximum atomic E-state index is 13.4. The van der Waals surface area contributed by atoms with Crippen LogP contribution in [0.15, 0.2) is 18.2 Å². The Morgan fingerprint density at radius 3 is 2.59 bits per heavy atom. The van der Waals surface area contributed by atoms with E-state index in [9.17, 15) is 22.8 Å². The van der Waals surface area contributed by atoms with Gasteiger partial charge < -0.3 is 0 Å². The van der Waals surface area contributed by atoms with Crippen LogP contribution < -0.4 is 4.90 Å². The molecule has 0 bridgehead atoms.